The van der Waals surface area contributed by atoms with Crippen molar-refractivity contribution < 1.29 is 26.3 Å². The lowest BCUT2D eigenvalue weighted by atomic mass is 9.78. The van der Waals surface area contributed by atoms with Gasteiger partial charge in [0.1, 0.15) is 22.8 Å². The molecule has 0 heterocycles. The third-order valence-electron chi connectivity index (χ3n) is 9.64. The van der Waals surface area contributed by atoms with E-state index in [1.165, 1.54) is 0 Å². The fourth-order valence-electron chi connectivity index (χ4n) is 6.28. The molecular formula is C47H48O6S2. The molecule has 0 aromatic heterocycles. The van der Waals surface area contributed by atoms with Gasteiger partial charge in [0, 0.05) is 5.41 Å². The van der Waals surface area contributed by atoms with Crippen molar-refractivity contribution in [2.45, 2.75) is 91.4 Å². The lowest BCUT2D eigenvalue weighted by Crippen LogP contribution is -2.23. The summed E-state index contributed by atoms with van der Waals surface area (Å²) in [7, 11) is -7.49. The van der Waals surface area contributed by atoms with Crippen molar-refractivity contribution in [3.63, 3.8) is 0 Å². The first-order valence-corrected chi connectivity index (χ1v) is 21.2. The van der Waals surface area contributed by atoms with E-state index in [-0.39, 0.29) is 36.0 Å². The van der Waals surface area contributed by atoms with Gasteiger partial charge in [-0.25, -0.2) is 16.8 Å². The third-order valence-corrected chi connectivity index (χ3v) is 13.2. The van der Waals surface area contributed by atoms with Crippen LogP contribution in [0.3, 0.4) is 0 Å². The number of benzene rings is 6. The highest BCUT2D eigenvalue weighted by Gasteiger charge is 2.24. The molecule has 0 saturated heterocycles. The predicted octanol–water partition coefficient (Wildman–Crippen LogP) is 11.6. The number of hydrogen-bond acceptors (Lipinski definition) is 6. The molecule has 0 N–H and O–H groups in total. The number of rotatable bonds is 10. The molecule has 6 aromatic rings. The maximum Gasteiger partial charge on any atom is 0.206 e. The fourth-order valence-corrected chi connectivity index (χ4v) is 8.80. The SMILES string of the molecule is CC(C)(C)Oc1ccc(C(C)(C)c2ccc(Oc3ccc(S(=O)(=O)c4ccc(-c5ccc(S(=O)(=O)c6ccc(C(C)(C)C)cc6)cc5)cc4)cc3)cc2)cc1. The first-order chi connectivity index (χ1) is 25.7. The normalized spacial score (nSPS) is 12.7. The van der Waals surface area contributed by atoms with Crippen LogP contribution in [0.15, 0.2) is 165 Å². The Morgan fingerprint density at radius 1 is 0.364 bits per heavy atom. The minimum atomic E-state index is -3.80. The third kappa shape index (κ3) is 8.87. The van der Waals surface area contributed by atoms with Crippen molar-refractivity contribution in [1.29, 1.82) is 0 Å². The highest BCUT2D eigenvalue weighted by Crippen LogP contribution is 2.35. The van der Waals surface area contributed by atoms with Crippen LogP contribution < -0.4 is 9.47 Å². The van der Waals surface area contributed by atoms with Crippen LogP contribution in [-0.4, -0.2) is 22.4 Å². The summed E-state index contributed by atoms with van der Waals surface area (Å²) >= 11 is 0. The Hall–Kier alpha value is -5.18. The van der Waals surface area contributed by atoms with Crippen molar-refractivity contribution in [2.24, 2.45) is 0 Å². The molecule has 8 heteroatoms. The molecule has 0 bridgehead atoms. The first-order valence-electron chi connectivity index (χ1n) is 18.2. The molecule has 6 rings (SSSR count). The van der Waals surface area contributed by atoms with Crippen molar-refractivity contribution in [1.82, 2.24) is 0 Å². The van der Waals surface area contributed by atoms with Crippen LogP contribution in [0, 0.1) is 0 Å². The summed E-state index contributed by atoms with van der Waals surface area (Å²) in [6, 6.07) is 42.7. The molecule has 0 aliphatic rings. The van der Waals surface area contributed by atoms with Crippen LogP contribution in [0.4, 0.5) is 0 Å². The van der Waals surface area contributed by atoms with Crippen LogP contribution in [0.25, 0.3) is 11.1 Å². The molecule has 55 heavy (non-hydrogen) atoms. The van der Waals surface area contributed by atoms with Crippen molar-refractivity contribution in [3.05, 3.63) is 162 Å². The van der Waals surface area contributed by atoms with E-state index >= 15 is 0 Å². The van der Waals surface area contributed by atoms with Gasteiger partial charge < -0.3 is 9.47 Å². The molecule has 0 amide bonds. The van der Waals surface area contributed by atoms with E-state index in [1.54, 1.807) is 84.9 Å². The maximum absolute atomic E-state index is 13.5. The lowest BCUT2D eigenvalue weighted by molar-refractivity contribution is 0.131. The van der Waals surface area contributed by atoms with Gasteiger partial charge in [-0.15, -0.1) is 0 Å². The zero-order valence-corrected chi connectivity index (χ0v) is 34.3. The topological polar surface area (TPSA) is 86.7 Å². The van der Waals surface area contributed by atoms with Gasteiger partial charge in [-0.3, -0.25) is 0 Å². The molecule has 0 spiro atoms. The Bertz CT molecular complexity index is 2470. The van der Waals surface area contributed by atoms with Crippen LogP contribution in [0.5, 0.6) is 17.2 Å². The van der Waals surface area contributed by atoms with E-state index in [9.17, 15) is 16.8 Å². The second-order valence-corrected chi connectivity index (χ2v) is 20.2. The van der Waals surface area contributed by atoms with Gasteiger partial charge in [0.05, 0.1) is 19.6 Å². The summed E-state index contributed by atoms with van der Waals surface area (Å²) in [5.41, 5.74) is 4.28. The predicted molar refractivity (Wildman–Crippen MR) is 220 cm³/mol. The summed E-state index contributed by atoms with van der Waals surface area (Å²) in [4.78, 5) is 0.726. The molecule has 0 radical (unpaired) electrons. The van der Waals surface area contributed by atoms with Crippen molar-refractivity contribution in [3.8, 4) is 28.4 Å². The van der Waals surface area contributed by atoms with E-state index in [1.807, 2.05) is 69.3 Å². The van der Waals surface area contributed by atoms with Crippen molar-refractivity contribution in [2.75, 3.05) is 0 Å². The average Bonchev–Trinajstić information content (AvgIpc) is 3.15. The first kappa shape index (κ1) is 39.5. The minimum Gasteiger partial charge on any atom is -0.488 e. The van der Waals surface area contributed by atoms with E-state index in [4.69, 9.17) is 9.47 Å². The van der Waals surface area contributed by atoms with Gasteiger partial charge in [0.2, 0.25) is 19.7 Å². The average molecular weight is 773 g/mol. The monoisotopic (exact) mass is 772 g/mol. The molecule has 0 aliphatic carbocycles. The Balaban J connectivity index is 1.10. The molecular weight excluding hydrogens is 725 g/mol. The Labute approximate surface area is 326 Å². The number of sulfone groups is 2. The summed E-state index contributed by atoms with van der Waals surface area (Å²) in [5.74, 6) is 1.99. The second-order valence-electron chi connectivity index (χ2n) is 16.3. The van der Waals surface area contributed by atoms with Crippen LogP contribution in [0.1, 0.15) is 72.1 Å². The highest BCUT2D eigenvalue weighted by atomic mass is 32.2. The van der Waals surface area contributed by atoms with Gasteiger partial charge >= 0.3 is 0 Å². The van der Waals surface area contributed by atoms with Gasteiger partial charge in [-0.1, -0.05) is 95.3 Å². The van der Waals surface area contributed by atoms with Gasteiger partial charge in [-0.2, -0.15) is 0 Å². The number of ether oxygens (including phenoxy) is 2. The largest absolute Gasteiger partial charge is 0.488 e. The summed E-state index contributed by atoms with van der Waals surface area (Å²) in [6.07, 6.45) is 0. The van der Waals surface area contributed by atoms with E-state index in [0.717, 1.165) is 33.6 Å². The Morgan fingerprint density at radius 2 is 0.655 bits per heavy atom. The molecule has 6 nitrogen and oxygen atoms in total. The molecule has 6 aromatic carbocycles. The van der Waals surface area contributed by atoms with Crippen LogP contribution in [0.2, 0.25) is 0 Å². The highest BCUT2D eigenvalue weighted by molar-refractivity contribution is 7.91. The molecule has 0 atom stereocenters. The van der Waals surface area contributed by atoms with Gasteiger partial charge in [0.25, 0.3) is 0 Å². The molecule has 284 valence electrons. The quantitative estimate of drug-likeness (QED) is 0.138. The molecule has 0 saturated carbocycles. The van der Waals surface area contributed by atoms with Crippen LogP contribution >= 0.6 is 0 Å². The van der Waals surface area contributed by atoms with Crippen molar-refractivity contribution >= 4 is 19.7 Å². The zero-order chi connectivity index (χ0) is 39.8. The van der Waals surface area contributed by atoms with Gasteiger partial charge in [-0.05, 0) is 139 Å². The Kier molecular flexibility index (Phi) is 10.6. The minimum absolute atomic E-state index is 0.0799. The smallest absolute Gasteiger partial charge is 0.206 e. The summed E-state index contributed by atoms with van der Waals surface area (Å²) in [6.45, 7) is 16.7. The fraction of sp³-hybridized carbons (Fsp3) is 0.234. The molecule has 0 fully saturated rings. The second kappa shape index (κ2) is 14.8. The Morgan fingerprint density at radius 3 is 1.00 bits per heavy atom. The standard InChI is InChI=1S/C47H48O6S2/c1-45(2,3)35-17-29-43(30-18-35)54(48,49)41-25-9-33(10-26-41)34-11-27-42(28-12-34)55(50,51)44-31-23-39(24-32-44)52-38-19-13-36(14-20-38)47(7,8)37-15-21-40(22-16-37)53-46(4,5)6/h9-32H,1-8H3. The van der Waals surface area contributed by atoms with E-state index < -0.39 is 19.7 Å². The van der Waals surface area contributed by atoms with E-state index in [2.05, 4.69) is 46.8 Å². The summed E-state index contributed by atoms with van der Waals surface area (Å²) in [5, 5.41) is 0. The maximum atomic E-state index is 13.5. The molecule has 0 aliphatic heterocycles. The summed E-state index contributed by atoms with van der Waals surface area (Å²) < 4.78 is 65.7. The zero-order valence-electron chi connectivity index (χ0n) is 32.6. The van der Waals surface area contributed by atoms with Gasteiger partial charge in [0.15, 0.2) is 0 Å². The number of hydrogen-bond donors (Lipinski definition) is 0. The van der Waals surface area contributed by atoms with Crippen LogP contribution in [-0.2, 0) is 30.5 Å². The van der Waals surface area contributed by atoms with E-state index in [0.29, 0.717) is 11.5 Å². The molecule has 0 unspecified atom stereocenters. The lowest BCUT2D eigenvalue weighted by Gasteiger charge is -2.27.